The van der Waals surface area contributed by atoms with Crippen LogP contribution in [0.3, 0.4) is 0 Å². The zero-order valence-electron chi connectivity index (χ0n) is 7.45. The van der Waals surface area contributed by atoms with Gasteiger partial charge in [-0.3, -0.25) is 10.1 Å². The van der Waals surface area contributed by atoms with Crippen molar-refractivity contribution in [1.29, 1.82) is 0 Å². The highest BCUT2D eigenvalue weighted by Crippen LogP contribution is 2.01. The van der Waals surface area contributed by atoms with Crippen molar-refractivity contribution in [2.75, 3.05) is 0 Å². The predicted octanol–water partition coefficient (Wildman–Crippen LogP) is 2.91. The Bertz CT molecular complexity index is 185. The summed E-state index contributed by atoms with van der Waals surface area (Å²) < 4.78 is 0. The van der Waals surface area contributed by atoms with E-state index in [2.05, 4.69) is 13.5 Å². The Morgan fingerprint density at radius 3 is 2.75 bits per heavy atom. The van der Waals surface area contributed by atoms with Gasteiger partial charge >= 0.3 is 0 Å². The molecule has 0 aliphatic carbocycles. The van der Waals surface area contributed by atoms with Crippen molar-refractivity contribution in [3.8, 4) is 0 Å². The molecule has 0 aliphatic rings. The molecule has 0 aromatic rings. The molecule has 3 nitrogen and oxygen atoms in total. The fraction of sp³-hybridized carbons (Fsp3) is 0.556. The normalized spacial score (nSPS) is 10.4. The van der Waals surface area contributed by atoms with Gasteiger partial charge in [0, 0.05) is 0 Å². The van der Waals surface area contributed by atoms with E-state index < -0.39 is 4.92 Å². The maximum Gasteiger partial charge on any atom is 0.242 e. The highest BCUT2D eigenvalue weighted by atomic mass is 16.6. The molecular weight excluding hydrogens is 154 g/mol. The van der Waals surface area contributed by atoms with Crippen LogP contribution in [0.5, 0.6) is 0 Å². The molecule has 0 aromatic heterocycles. The Kier molecular flexibility index (Phi) is 5.97. The topological polar surface area (TPSA) is 43.1 Å². The number of hydrogen-bond acceptors (Lipinski definition) is 2. The molecule has 0 aliphatic heterocycles. The maximum atomic E-state index is 10.1. The lowest BCUT2D eigenvalue weighted by Crippen LogP contribution is -1.94. The van der Waals surface area contributed by atoms with Crippen LogP contribution in [-0.4, -0.2) is 4.92 Å². The summed E-state index contributed by atoms with van der Waals surface area (Å²) in [6.07, 6.45) is 7.43. The summed E-state index contributed by atoms with van der Waals surface area (Å²) in [5, 5.41) is 10.1. The number of unbranched alkanes of at least 4 members (excludes halogenated alkanes) is 2. The van der Waals surface area contributed by atoms with Crippen LogP contribution in [0.2, 0.25) is 0 Å². The minimum atomic E-state index is -0.440. The quantitative estimate of drug-likeness (QED) is 0.265. The van der Waals surface area contributed by atoms with Crippen molar-refractivity contribution in [2.24, 2.45) is 0 Å². The van der Waals surface area contributed by atoms with Crippen molar-refractivity contribution < 1.29 is 4.92 Å². The van der Waals surface area contributed by atoms with Crippen molar-refractivity contribution in [3.05, 3.63) is 34.5 Å². The lowest BCUT2D eigenvalue weighted by atomic mass is 10.2. The van der Waals surface area contributed by atoms with Gasteiger partial charge in [0.05, 0.1) is 11.3 Å². The molecule has 0 aromatic carbocycles. The van der Waals surface area contributed by atoms with E-state index in [1.807, 2.05) is 6.08 Å². The first-order chi connectivity index (χ1) is 5.68. The van der Waals surface area contributed by atoms with Gasteiger partial charge in [-0.1, -0.05) is 31.9 Å². The van der Waals surface area contributed by atoms with Gasteiger partial charge < -0.3 is 0 Å². The van der Waals surface area contributed by atoms with Gasteiger partial charge in [0.25, 0.3) is 0 Å². The van der Waals surface area contributed by atoms with Crippen molar-refractivity contribution in [3.63, 3.8) is 0 Å². The molecule has 0 rings (SSSR count). The summed E-state index contributed by atoms with van der Waals surface area (Å²) in [4.78, 5) is 9.65. The molecular formula is C9H15NO2. The van der Waals surface area contributed by atoms with Crippen LogP contribution in [0.15, 0.2) is 24.4 Å². The molecule has 0 heterocycles. The third-order valence-corrected chi connectivity index (χ3v) is 1.50. The molecule has 0 bridgehead atoms. The van der Waals surface area contributed by atoms with E-state index >= 15 is 0 Å². The summed E-state index contributed by atoms with van der Waals surface area (Å²) in [7, 11) is 0. The first-order valence-electron chi connectivity index (χ1n) is 4.15. The van der Waals surface area contributed by atoms with Gasteiger partial charge in [-0.25, -0.2) is 0 Å². The molecule has 12 heavy (non-hydrogen) atoms. The van der Waals surface area contributed by atoms with Gasteiger partial charge in [0.2, 0.25) is 5.70 Å². The molecule has 0 spiro atoms. The van der Waals surface area contributed by atoms with Crippen LogP contribution >= 0.6 is 0 Å². The Hall–Kier alpha value is -1.12. The first kappa shape index (κ1) is 10.9. The van der Waals surface area contributed by atoms with Crippen LogP contribution in [0.4, 0.5) is 0 Å². The number of allylic oxidation sites excluding steroid dienone is 2. The molecule has 3 heteroatoms. The van der Waals surface area contributed by atoms with Crippen LogP contribution in [-0.2, 0) is 0 Å². The van der Waals surface area contributed by atoms with E-state index in [9.17, 15) is 10.1 Å². The fourth-order valence-corrected chi connectivity index (χ4v) is 0.734. The minimum Gasteiger partial charge on any atom is -0.259 e. The molecule has 0 amide bonds. The van der Waals surface area contributed by atoms with E-state index in [1.165, 1.54) is 0 Å². The molecule has 0 N–H and O–H groups in total. The Morgan fingerprint density at radius 2 is 2.25 bits per heavy atom. The smallest absolute Gasteiger partial charge is 0.242 e. The second-order valence-electron chi connectivity index (χ2n) is 2.64. The SMILES string of the molecule is C=C(C/C=C\CCCC)[N+](=O)[O-]. The summed E-state index contributed by atoms with van der Waals surface area (Å²) in [6.45, 7) is 5.44. The summed E-state index contributed by atoms with van der Waals surface area (Å²) >= 11 is 0. The molecule has 0 radical (unpaired) electrons. The second kappa shape index (κ2) is 6.58. The Balaban J connectivity index is 3.47. The molecule has 0 atom stereocenters. The third kappa shape index (κ3) is 5.65. The molecule has 0 saturated carbocycles. The average molecular weight is 169 g/mol. The zero-order valence-corrected chi connectivity index (χ0v) is 7.45. The molecule has 68 valence electrons. The van der Waals surface area contributed by atoms with E-state index in [4.69, 9.17) is 0 Å². The Morgan fingerprint density at radius 1 is 1.58 bits per heavy atom. The van der Waals surface area contributed by atoms with Gasteiger partial charge in [-0.15, -0.1) is 0 Å². The van der Waals surface area contributed by atoms with Crippen molar-refractivity contribution >= 4 is 0 Å². The number of hydrogen-bond donors (Lipinski definition) is 0. The van der Waals surface area contributed by atoms with Crippen LogP contribution in [0.25, 0.3) is 0 Å². The van der Waals surface area contributed by atoms with Gasteiger partial charge in [-0.05, 0) is 13.0 Å². The van der Waals surface area contributed by atoms with Crippen molar-refractivity contribution in [1.82, 2.24) is 0 Å². The molecule has 0 saturated heterocycles. The minimum absolute atomic E-state index is 0.0581. The lowest BCUT2D eigenvalue weighted by molar-refractivity contribution is -0.426. The van der Waals surface area contributed by atoms with E-state index in [1.54, 1.807) is 6.08 Å². The van der Waals surface area contributed by atoms with Gasteiger partial charge in [0.1, 0.15) is 0 Å². The molecule has 0 unspecified atom stereocenters. The maximum absolute atomic E-state index is 10.1. The lowest BCUT2D eigenvalue weighted by Gasteiger charge is -1.90. The van der Waals surface area contributed by atoms with E-state index in [-0.39, 0.29) is 5.70 Å². The third-order valence-electron chi connectivity index (χ3n) is 1.50. The van der Waals surface area contributed by atoms with E-state index in [0.29, 0.717) is 6.42 Å². The van der Waals surface area contributed by atoms with Crippen molar-refractivity contribution in [2.45, 2.75) is 32.6 Å². The van der Waals surface area contributed by atoms with Crippen LogP contribution < -0.4 is 0 Å². The molecule has 0 fully saturated rings. The largest absolute Gasteiger partial charge is 0.259 e. The van der Waals surface area contributed by atoms with Gasteiger partial charge in [-0.2, -0.15) is 0 Å². The van der Waals surface area contributed by atoms with E-state index in [0.717, 1.165) is 19.3 Å². The standard InChI is InChI=1S/C9H15NO2/c1-3-4-5-6-7-8-9(2)10(11)12/h6-7H,2-5,8H2,1H3/b7-6-. The zero-order chi connectivity index (χ0) is 9.40. The number of nitro groups is 1. The average Bonchev–Trinajstić information content (AvgIpc) is 2.03. The van der Waals surface area contributed by atoms with Crippen LogP contribution in [0, 0.1) is 10.1 Å². The van der Waals surface area contributed by atoms with Crippen LogP contribution in [0.1, 0.15) is 32.6 Å². The monoisotopic (exact) mass is 169 g/mol. The summed E-state index contributed by atoms with van der Waals surface area (Å²) in [5.41, 5.74) is 0.0581. The highest BCUT2D eigenvalue weighted by Gasteiger charge is 2.01. The predicted molar refractivity (Wildman–Crippen MR) is 49.4 cm³/mol. The second-order valence-corrected chi connectivity index (χ2v) is 2.64. The number of nitrogens with zero attached hydrogens (tertiary/aromatic N) is 1. The van der Waals surface area contributed by atoms with Gasteiger partial charge in [0.15, 0.2) is 0 Å². The summed E-state index contributed by atoms with van der Waals surface area (Å²) in [5.74, 6) is 0. The Labute approximate surface area is 72.9 Å². The first-order valence-corrected chi connectivity index (χ1v) is 4.15. The highest BCUT2D eigenvalue weighted by molar-refractivity contribution is 4.93. The summed E-state index contributed by atoms with van der Waals surface area (Å²) in [6, 6.07) is 0. The fourth-order valence-electron chi connectivity index (χ4n) is 0.734. The number of rotatable bonds is 6.